The van der Waals surface area contributed by atoms with Gasteiger partial charge in [-0.1, -0.05) is 18.2 Å². The lowest BCUT2D eigenvalue weighted by Crippen LogP contribution is -2.47. The van der Waals surface area contributed by atoms with Crippen molar-refractivity contribution in [3.05, 3.63) is 96.2 Å². The number of nitrogens with zero attached hydrogens (tertiary/aromatic N) is 8. The molecule has 1 fully saturated rings. The lowest BCUT2D eigenvalue weighted by atomic mass is 9.90. The normalized spacial score (nSPS) is 15.6. The number of hydrogen-bond donors (Lipinski definition) is 1. The summed E-state index contributed by atoms with van der Waals surface area (Å²) in [7, 11) is 0. The van der Waals surface area contributed by atoms with Gasteiger partial charge in [-0.15, -0.1) is 0 Å². The topological polar surface area (TPSA) is 95.6 Å². The number of piperazine rings is 1. The highest BCUT2D eigenvalue weighted by atomic mass is 19.1. The van der Waals surface area contributed by atoms with Crippen LogP contribution in [0.15, 0.2) is 73.6 Å². The molecule has 1 N–H and O–H groups in total. The van der Waals surface area contributed by atoms with Gasteiger partial charge in [-0.2, -0.15) is 5.10 Å². The Hall–Kier alpha value is -4.44. The summed E-state index contributed by atoms with van der Waals surface area (Å²) in [6.07, 6.45) is 8.72. The van der Waals surface area contributed by atoms with Gasteiger partial charge < -0.3 is 14.9 Å². The van der Waals surface area contributed by atoms with Crippen LogP contribution in [0.5, 0.6) is 0 Å². The van der Waals surface area contributed by atoms with E-state index in [1.54, 1.807) is 37.8 Å². The third-order valence-corrected chi connectivity index (χ3v) is 7.10. The number of rotatable bonds is 5. The Balaban J connectivity index is 1.16. The van der Waals surface area contributed by atoms with E-state index in [4.69, 9.17) is 0 Å². The Kier molecular flexibility index (Phi) is 5.96. The lowest BCUT2D eigenvalue weighted by Gasteiger charge is -2.35. The molecule has 4 aromatic heterocycles. The van der Waals surface area contributed by atoms with Crippen molar-refractivity contribution in [1.82, 2.24) is 29.5 Å². The molecule has 10 heteroatoms. The van der Waals surface area contributed by atoms with Gasteiger partial charge in [0.25, 0.3) is 0 Å². The Bertz CT molecular complexity index is 1560. The van der Waals surface area contributed by atoms with Crippen molar-refractivity contribution in [3.8, 4) is 11.1 Å². The van der Waals surface area contributed by atoms with Crippen molar-refractivity contribution in [3.63, 3.8) is 0 Å². The molecule has 192 valence electrons. The molecule has 0 saturated carbocycles. The molecule has 0 radical (unpaired) electrons. The van der Waals surface area contributed by atoms with Crippen LogP contribution in [0.2, 0.25) is 0 Å². The third kappa shape index (κ3) is 4.43. The number of aryl methyl sites for hydroxylation is 1. The first-order valence-electron chi connectivity index (χ1n) is 12.5. The van der Waals surface area contributed by atoms with Crippen LogP contribution in [0.3, 0.4) is 0 Å². The molecule has 1 aromatic carbocycles. The van der Waals surface area contributed by atoms with Crippen molar-refractivity contribution in [2.75, 3.05) is 36.0 Å². The molecule has 9 nitrogen and oxygen atoms in total. The summed E-state index contributed by atoms with van der Waals surface area (Å²) >= 11 is 0. The first-order valence-corrected chi connectivity index (χ1v) is 12.5. The van der Waals surface area contributed by atoms with E-state index in [0.717, 1.165) is 54.3 Å². The second-order valence-corrected chi connectivity index (χ2v) is 9.66. The molecule has 0 amide bonds. The minimum Gasteiger partial charge on any atom is -0.381 e. The SMILES string of the molecule is Cc1ccc(-c2cc3c(N4CCN(c5ncc([C@@](C)(O)c6ccc(F)cc6)cn5)CC4)ncnn3c2)cn1. The van der Waals surface area contributed by atoms with Crippen LogP contribution in [0.1, 0.15) is 23.7 Å². The fourth-order valence-electron chi connectivity index (χ4n) is 4.75. The van der Waals surface area contributed by atoms with Gasteiger partial charge >= 0.3 is 0 Å². The maximum Gasteiger partial charge on any atom is 0.225 e. The van der Waals surface area contributed by atoms with E-state index in [1.165, 1.54) is 12.1 Å². The summed E-state index contributed by atoms with van der Waals surface area (Å²) in [5, 5.41) is 15.4. The van der Waals surface area contributed by atoms with Gasteiger partial charge in [0, 0.05) is 73.4 Å². The predicted octanol–water partition coefficient (Wildman–Crippen LogP) is 3.61. The van der Waals surface area contributed by atoms with Gasteiger partial charge in [0.15, 0.2) is 5.82 Å². The molecular formula is C28H27FN8O. The van der Waals surface area contributed by atoms with E-state index in [-0.39, 0.29) is 5.82 Å². The Morgan fingerprint density at radius 2 is 1.53 bits per heavy atom. The summed E-state index contributed by atoms with van der Waals surface area (Å²) in [4.78, 5) is 22.4. The van der Waals surface area contributed by atoms with Crippen molar-refractivity contribution in [1.29, 1.82) is 0 Å². The molecule has 38 heavy (non-hydrogen) atoms. The van der Waals surface area contributed by atoms with Gasteiger partial charge in [0.2, 0.25) is 5.95 Å². The van der Waals surface area contributed by atoms with Crippen LogP contribution in [-0.4, -0.2) is 60.8 Å². The van der Waals surface area contributed by atoms with Crippen LogP contribution in [-0.2, 0) is 5.60 Å². The molecular weight excluding hydrogens is 483 g/mol. The minimum absolute atomic E-state index is 0.348. The number of benzene rings is 1. The fraction of sp³-hybridized carbons (Fsp3) is 0.250. The number of halogens is 1. The summed E-state index contributed by atoms with van der Waals surface area (Å²) in [5.74, 6) is 1.14. The Morgan fingerprint density at radius 1 is 0.816 bits per heavy atom. The summed E-state index contributed by atoms with van der Waals surface area (Å²) < 4.78 is 15.2. The average Bonchev–Trinajstić information content (AvgIpc) is 3.38. The minimum atomic E-state index is -1.33. The van der Waals surface area contributed by atoms with Crippen LogP contribution in [0, 0.1) is 12.7 Å². The predicted molar refractivity (Wildman–Crippen MR) is 142 cm³/mol. The molecule has 0 unspecified atom stereocenters. The molecule has 1 saturated heterocycles. The van der Waals surface area contributed by atoms with Crippen molar-refractivity contribution >= 4 is 17.3 Å². The van der Waals surface area contributed by atoms with Gasteiger partial charge in [0.05, 0.1) is 0 Å². The number of aromatic nitrogens is 6. The number of anilines is 2. The number of fused-ring (bicyclic) bond motifs is 1. The second kappa shape index (κ2) is 9.46. The largest absolute Gasteiger partial charge is 0.381 e. The van der Waals surface area contributed by atoms with Crippen molar-refractivity contribution in [2.24, 2.45) is 0 Å². The van der Waals surface area contributed by atoms with Gasteiger partial charge in [0.1, 0.15) is 23.3 Å². The van der Waals surface area contributed by atoms with Crippen molar-refractivity contribution < 1.29 is 9.50 Å². The summed E-state index contributed by atoms with van der Waals surface area (Å²) in [6, 6.07) is 12.0. The van der Waals surface area contributed by atoms with Crippen LogP contribution in [0.4, 0.5) is 16.2 Å². The maximum absolute atomic E-state index is 13.3. The van der Waals surface area contributed by atoms with Crippen LogP contribution < -0.4 is 9.80 Å². The van der Waals surface area contributed by atoms with E-state index >= 15 is 0 Å². The van der Waals surface area contributed by atoms with Gasteiger partial charge in [-0.3, -0.25) is 4.98 Å². The Labute approximate surface area is 219 Å². The Morgan fingerprint density at radius 3 is 2.21 bits per heavy atom. The van der Waals surface area contributed by atoms with Gasteiger partial charge in [-0.05, 0) is 43.7 Å². The first kappa shape index (κ1) is 23.9. The van der Waals surface area contributed by atoms with E-state index in [0.29, 0.717) is 17.1 Å². The molecule has 5 aromatic rings. The standard InChI is InChI=1S/C28H27FN8O/c1-19-3-4-20(14-30-19)21-13-25-26(33-18-34-37(25)17-21)35-9-11-36(12-10-35)27-31-15-23(16-32-27)28(2,38)22-5-7-24(29)8-6-22/h3-8,13-18,38H,9-12H2,1-2H3/t28-/m0/s1. The zero-order valence-corrected chi connectivity index (χ0v) is 21.2. The molecule has 0 spiro atoms. The zero-order valence-electron chi connectivity index (χ0n) is 21.2. The first-order chi connectivity index (χ1) is 18.4. The highest BCUT2D eigenvalue weighted by Crippen LogP contribution is 2.30. The zero-order chi connectivity index (χ0) is 26.3. The summed E-state index contributed by atoms with van der Waals surface area (Å²) in [5.41, 5.74) is 3.80. The number of aliphatic hydroxyl groups is 1. The van der Waals surface area contributed by atoms with Crippen LogP contribution >= 0.6 is 0 Å². The van der Waals surface area contributed by atoms with E-state index in [1.807, 2.05) is 29.9 Å². The summed E-state index contributed by atoms with van der Waals surface area (Å²) in [6.45, 7) is 6.57. The smallest absolute Gasteiger partial charge is 0.225 e. The quantitative estimate of drug-likeness (QED) is 0.383. The van der Waals surface area contributed by atoms with E-state index in [9.17, 15) is 9.50 Å². The molecule has 0 bridgehead atoms. The van der Waals surface area contributed by atoms with Crippen LogP contribution in [0.25, 0.3) is 16.6 Å². The number of pyridine rings is 1. The average molecular weight is 511 g/mol. The van der Waals surface area contributed by atoms with E-state index in [2.05, 4.69) is 47.0 Å². The highest BCUT2D eigenvalue weighted by molar-refractivity contribution is 5.77. The second-order valence-electron chi connectivity index (χ2n) is 9.66. The lowest BCUT2D eigenvalue weighted by molar-refractivity contribution is 0.101. The van der Waals surface area contributed by atoms with E-state index < -0.39 is 5.60 Å². The highest BCUT2D eigenvalue weighted by Gasteiger charge is 2.28. The maximum atomic E-state index is 13.3. The van der Waals surface area contributed by atoms with Crippen molar-refractivity contribution in [2.45, 2.75) is 19.4 Å². The monoisotopic (exact) mass is 510 g/mol. The molecule has 0 aliphatic carbocycles. The third-order valence-electron chi connectivity index (χ3n) is 7.10. The number of hydrogen-bond acceptors (Lipinski definition) is 8. The van der Waals surface area contributed by atoms with Gasteiger partial charge in [-0.25, -0.2) is 23.9 Å². The molecule has 1 atom stereocenters. The molecule has 5 heterocycles. The fourth-order valence-corrected chi connectivity index (χ4v) is 4.75. The molecule has 1 aliphatic rings. The molecule has 1 aliphatic heterocycles. The molecule has 6 rings (SSSR count).